The van der Waals surface area contributed by atoms with Crippen molar-refractivity contribution in [2.75, 3.05) is 23.3 Å². The molecule has 3 nitrogen and oxygen atoms in total. The van der Waals surface area contributed by atoms with Gasteiger partial charge >= 0.3 is 6.41 Å². The van der Waals surface area contributed by atoms with E-state index in [0.717, 1.165) is 17.9 Å². The van der Waals surface area contributed by atoms with Gasteiger partial charge in [0.2, 0.25) is 0 Å². The van der Waals surface area contributed by atoms with E-state index in [1.165, 1.54) is 0 Å². The molecule has 61 valence electrons. The van der Waals surface area contributed by atoms with Gasteiger partial charge in [-0.15, -0.1) is 0 Å². The van der Waals surface area contributed by atoms with E-state index in [2.05, 4.69) is 5.32 Å². The van der Waals surface area contributed by atoms with Crippen LogP contribution in [0, 0.1) is 0 Å². The zero-order valence-electron chi connectivity index (χ0n) is 6.58. The van der Waals surface area contributed by atoms with Crippen LogP contribution in [-0.4, -0.2) is 19.5 Å². The second-order valence-corrected chi connectivity index (χ2v) is 2.69. The molecule has 0 atom stereocenters. The summed E-state index contributed by atoms with van der Waals surface area (Å²) in [7, 11) is 0. The lowest BCUT2D eigenvalue weighted by Crippen LogP contribution is -2.32. The maximum absolute atomic E-state index is 10.5. The van der Waals surface area contributed by atoms with Crippen LogP contribution in [0.5, 0.6) is 0 Å². The van der Waals surface area contributed by atoms with E-state index < -0.39 is 0 Å². The maximum Gasteiger partial charge on any atom is 0.317 e. The molecule has 0 saturated heterocycles. The number of hydrogen-bond acceptors (Lipinski definition) is 2. The average Bonchev–Trinajstić information content (AvgIpc) is 2.17. The van der Waals surface area contributed by atoms with Crippen LogP contribution in [0.1, 0.15) is 0 Å². The fraction of sp³-hybridized carbons (Fsp3) is 0.222. The Morgan fingerprint density at radius 2 is 2.25 bits per heavy atom. The SMILES string of the molecule is O=[C]N1CCNc2ccccc21. The fourth-order valence-corrected chi connectivity index (χ4v) is 1.38. The predicted octanol–water partition coefficient (Wildman–Crippen LogP) is 0.986. The van der Waals surface area contributed by atoms with Gasteiger partial charge in [-0.2, -0.15) is 0 Å². The standard InChI is InChI=1S/C9H9N2O/c12-7-11-6-5-10-8-3-1-2-4-9(8)11/h1-4,10H,5-6H2. The van der Waals surface area contributed by atoms with Crippen molar-refractivity contribution in [2.45, 2.75) is 0 Å². The van der Waals surface area contributed by atoms with E-state index in [4.69, 9.17) is 0 Å². The minimum atomic E-state index is 0.695. The molecule has 0 fully saturated rings. The molecule has 0 aliphatic carbocycles. The highest BCUT2D eigenvalue weighted by atomic mass is 16.1. The van der Waals surface area contributed by atoms with E-state index in [0.29, 0.717) is 6.54 Å². The molecule has 1 aromatic carbocycles. The average molecular weight is 161 g/mol. The van der Waals surface area contributed by atoms with Gasteiger partial charge in [0, 0.05) is 13.1 Å². The van der Waals surface area contributed by atoms with Crippen LogP contribution in [0.15, 0.2) is 24.3 Å². The second-order valence-electron chi connectivity index (χ2n) is 2.69. The van der Waals surface area contributed by atoms with Gasteiger partial charge in [-0.1, -0.05) is 12.1 Å². The first-order valence-corrected chi connectivity index (χ1v) is 3.90. The Balaban J connectivity index is 2.43. The number of nitrogens with one attached hydrogen (secondary N) is 1. The van der Waals surface area contributed by atoms with E-state index in [9.17, 15) is 4.79 Å². The molecule has 2 rings (SSSR count). The third-order valence-electron chi connectivity index (χ3n) is 1.96. The number of rotatable bonds is 1. The van der Waals surface area contributed by atoms with Crippen LogP contribution in [-0.2, 0) is 4.79 Å². The van der Waals surface area contributed by atoms with Crippen molar-refractivity contribution in [1.82, 2.24) is 0 Å². The van der Waals surface area contributed by atoms with Gasteiger partial charge in [-0.05, 0) is 12.1 Å². The van der Waals surface area contributed by atoms with Crippen molar-refractivity contribution in [3.8, 4) is 0 Å². The molecular weight excluding hydrogens is 152 g/mol. The Kier molecular flexibility index (Phi) is 1.70. The van der Waals surface area contributed by atoms with E-state index >= 15 is 0 Å². The molecule has 0 aromatic heterocycles. The van der Waals surface area contributed by atoms with Crippen LogP contribution >= 0.6 is 0 Å². The predicted molar refractivity (Wildman–Crippen MR) is 48.0 cm³/mol. The highest BCUT2D eigenvalue weighted by Crippen LogP contribution is 2.26. The lowest BCUT2D eigenvalue weighted by molar-refractivity contribution is 0.551. The van der Waals surface area contributed by atoms with Gasteiger partial charge in [0.25, 0.3) is 0 Å². The minimum absolute atomic E-state index is 0.695. The van der Waals surface area contributed by atoms with E-state index in [1.54, 1.807) is 4.90 Å². The van der Waals surface area contributed by atoms with Gasteiger partial charge < -0.3 is 10.2 Å². The van der Waals surface area contributed by atoms with Crippen molar-refractivity contribution in [3.05, 3.63) is 24.3 Å². The first kappa shape index (κ1) is 7.16. The summed E-state index contributed by atoms with van der Waals surface area (Å²) in [5.74, 6) is 0. The number of nitrogens with zero attached hydrogens (tertiary/aromatic N) is 1. The molecule has 1 amide bonds. The van der Waals surface area contributed by atoms with Crippen LogP contribution in [0.2, 0.25) is 0 Å². The van der Waals surface area contributed by atoms with E-state index in [1.807, 2.05) is 30.7 Å². The number of hydrogen-bond donors (Lipinski definition) is 1. The van der Waals surface area contributed by atoms with Gasteiger partial charge in [-0.25, -0.2) is 0 Å². The molecule has 1 aromatic rings. The summed E-state index contributed by atoms with van der Waals surface area (Å²) in [5.41, 5.74) is 1.92. The fourth-order valence-electron chi connectivity index (χ4n) is 1.38. The smallest absolute Gasteiger partial charge is 0.317 e. The third-order valence-corrected chi connectivity index (χ3v) is 1.96. The van der Waals surface area contributed by atoms with Crippen molar-refractivity contribution < 1.29 is 4.79 Å². The van der Waals surface area contributed by atoms with Gasteiger partial charge in [0.05, 0.1) is 11.4 Å². The number of anilines is 2. The van der Waals surface area contributed by atoms with Crippen molar-refractivity contribution >= 4 is 17.8 Å². The third kappa shape index (κ3) is 1.03. The summed E-state index contributed by atoms with van der Waals surface area (Å²) >= 11 is 0. The molecule has 0 unspecified atom stereocenters. The summed E-state index contributed by atoms with van der Waals surface area (Å²) in [6.45, 7) is 1.49. The van der Waals surface area contributed by atoms with Crippen LogP contribution in [0.25, 0.3) is 0 Å². The van der Waals surface area contributed by atoms with Crippen molar-refractivity contribution in [2.24, 2.45) is 0 Å². The highest BCUT2D eigenvalue weighted by Gasteiger charge is 2.14. The molecule has 0 spiro atoms. The number of para-hydroxylation sites is 2. The number of amides is 1. The Morgan fingerprint density at radius 1 is 1.42 bits per heavy atom. The van der Waals surface area contributed by atoms with Gasteiger partial charge in [0.1, 0.15) is 0 Å². The second kappa shape index (κ2) is 2.85. The van der Waals surface area contributed by atoms with E-state index in [-0.39, 0.29) is 0 Å². The number of benzene rings is 1. The summed E-state index contributed by atoms with van der Waals surface area (Å²) in [6, 6.07) is 7.72. The molecular formula is C9H9N2O. The molecule has 12 heavy (non-hydrogen) atoms. The van der Waals surface area contributed by atoms with Crippen LogP contribution in [0.4, 0.5) is 11.4 Å². The van der Waals surface area contributed by atoms with Gasteiger partial charge in [-0.3, -0.25) is 4.79 Å². The lowest BCUT2D eigenvalue weighted by Gasteiger charge is -2.25. The first-order chi connectivity index (χ1) is 5.92. The van der Waals surface area contributed by atoms with Crippen molar-refractivity contribution in [3.63, 3.8) is 0 Å². The van der Waals surface area contributed by atoms with Crippen LogP contribution in [0.3, 0.4) is 0 Å². The first-order valence-electron chi connectivity index (χ1n) is 3.90. The Morgan fingerprint density at radius 3 is 3.08 bits per heavy atom. The lowest BCUT2D eigenvalue weighted by atomic mass is 10.2. The summed E-state index contributed by atoms with van der Waals surface area (Å²) in [6.07, 6.45) is 1.90. The molecule has 1 heterocycles. The summed E-state index contributed by atoms with van der Waals surface area (Å²) in [4.78, 5) is 12.1. The Hall–Kier alpha value is -1.51. The summed E-state index contributed by atoms with van der Waals surface area (Å²) in [5, 5.41) is 3.21. The molecule has 0 bridgehead atoms. The van der Waals surface area contributed by atoms with Crippen LogP contribution < -0.4 is 10.2 Å². The largest absolute Gasteiger partial charge is 0.382 e. The minimum Gasteiger partial charge on any atom is -0.382 e. The normalized spacial score (nSPS) is 14.8. The zero-order chi connectivity index (χ0) is 8.39. The molecule has 1 radical (unpaired) electrons. The topological polar surface area (TPSA) is 32.3 Å². The maximum atomic E-state index is 10.5. The molecule has 0 saturated carbocycles. The monoisotopic (exact) mass is 161 g/mol. The zero-order valence-corrected chi connectivity index (χ0v) is 6.58. The van der Waals surface area contributed by atoms with Crippen molar-refractivity contribution in [1.29, 1.82) is 0 Å². The highest BCUT2D eigenvalue weighted by molar-refractivity contribution is 5.85. The molecule has 1 N–H and O–H groups in total. The van der Waals surface area contributed by atoms with Gasteiger partial charge in [0.15, 0.2) is 0 Å². The summed E-state index contributed by atoms with van der Waals surface area (Å²) < 4.78 is 0. The molecule has 1 aliphatic heterocycles. The Bertz CT molecular complexity index is 298. The molecule has 3 heteroatoms. The Labute approximate surface area is 71.0 Å². The number of fused-ring (bicyclic) bond motifs is 1. The quantitative estimate of drug-likeness (QED) is 0.666. The number of carbonyl (C=O) groups excluding carboxylic acids is 1. The molecule has 1 aliphatic rings.